The number of anilines is 1. The second-order valence-electron chi connectivity index (χ2n) is 8.59. The molecule has 0 unspecified atom stereocenters. The molecule has 1 heterocycles. The fraction of sp³-hybridized carbons (Fsp3) is 0.619. The molecule has 0 bridgehead atoms. The van der Waals surface area contributed by atoms with E-state index in [2.05, 4.69) is 12.2 Å². The molecule has 1 N–H and O–H groups in total. The molecule has 6 nitrogen and oxygen atoms in total. The van der Waals surface area contributed by atoms with Gasteiger partial charge in [0.25, 0.3) is 0 Å². The lowest BCUT2D eigenvalue weighted by Gasteiger charge is -2.39. The average molecular weight is 376 g/mol. The van der Waals surface area contributed by atoms with Crippen LogP contribution in [-0.2, 0) is 9.53 Å². The van der Waals surface area contributed by atoms with Crippen molar-refractivity contribution in [3.05, 3.63) is 29.8 Å². The van der Waals surface area contributed by atoms with E-state index in [1.54, 1.807) is 19.0 Å². The number of hydrogen-bond acceptors (Lipinski definition) is 4. The monoisotopic (exact) mass is 375 g/mol. The van der Waals surface area contributed by atoms with Crippen LogP contribution in [0.4, 0.5) is 10.5 Å². The summed E-state index contributed by atoms with van der Waals surface area (Å²) in [5.41, 5.74) is 1.48. The molecule has 0 spiro atoms. The van der Waals surface area contributed by atoms with E-state index >= 15 is 0 Å². The third-order valence-electron chi connectivity index (χ3n) is 4.68. The highest BCUT2D eigenvalue weighted by Gasteiger charge is 2.33. The van der Waals surface area contributed by atoms with Crippen LogP contribution in [0.2, 0.25) is 0 Å². The zero-order valence-electron chi connectivity index (χ0n) is 17.4. The van der Waals surface area contributed by atoms with E-state index in [4.69, 9.17) is 4.74 Å². The van der Waals surface area contributed by atoms with Crippen molar-refractivity contribution in [1.29, 1.82) is 0 Å². The van der Waals surface area contributed by atoms with Crippen LogP contribution < -0.4 is 5.32 Å². The van der Waals surface area contributed by atoms with Gasteiger partial charge in [0.05, 0.1) is 12.6 Å². The number of rotatable bonds is 4. The maximum atomic E-state index is 12.7. The normalized spacial score (nSPS) is 20.1. The zero-order valence-corrected chi connectivity index (χ0v) is 17.4. The molecular weight excluding hydrogens is 342 g/mol. The van der Waals surface area contributed by atoms with Crippen LogP contribution in [-0.4, -0.2) is 54.6 Å². The number of likely N-dealkylation sites (tertiary alicyclic amines) is 1. The summed E-state index contributed by atoms with van der Waals surface area (Å²) in [5, 5.41) is 3.13. The van der Waals surface area contributed by atoms with E-state index in [-0.39, 0.29) is 24.6 Å². The van der Waals surface area contributed by atoms with Crippen LogP contribution in [0.3, 0.4) is 0 Å². The third kappa shape index (κ3) is 6.15. The Kier molecular flexibility index (Phi) is 6.73. The van der Waals surface area contributed by atoms with Gasteiger partial charge in [-0.15, -0.1) is 0 Å². The lowest BCUT2D eigenvalue weighted by Crippen LogP contribution is -2.44. The van der Waals surface area contributed by atoms with Crippen LogP contribution in [0.15, 0.2) is 24.3 Å². The Morgan fingerprint density at radius 3 is 2.37 bits per heavy atom. The lowest BCUT2D eigenvalue weighted by atomic mass is 9.90. The highest BCUT2D eigenvalue weighted by atomic mass is 16.6. The molecule has 1 aliphatic rings. The van der Waals surface area contributed by atoms with Gasteiger partial charge in [-0.05, 0) is 57.2 Å². The summed E-state index contributed by atoms with van der Waals surface area (Å²) in [6.07, 6.45) is 1.76. The van der Waals surface area contributed by atoms with Crippen molar-refractivity contribution in [2.75, 3.05) is 32.5 Å². The van der Waals surface area contributed by atoms with Gasteiger partial charge in [-0.3, -0.25) is 4.79 Å². The summed E-state index contributed by atoms with van der Waals surface area (Å²) in [7, 11) is 3.48. The summed E-state index contributed by atoms with van der Waals surface area (Å²) >= 11 is 0. The van der Waals surface area contributed by atoms with Crippen LogP contribution >= 0.6 is 0 Å². The molecule has 27 heavy (non-hydrogen) atoms. The van der Waals surface area contributed by atoms with E-state index in [9.17, 15) is 9.59 Å². The molecule has 0 saturated carbocycles. The number of nitrogens with one attached hydrogen (secondary N) is 1. The molecule has 150 valence electrons. The Labute approximate surface area is 162 Å². The van der Waals surface area contributed by atoms with E-state index in [1.807, 2.05) is 49.9 Å². The number of hydrogen-bond donors (Lipinski definition) is 1. The molecule has 0 radical (unpaired) electrons. The molecule has 1 fully saturated rings. The Morgan fingerprint density at radius 1 is 1.19 bits per heavy atom. The molecule has 1 saturated heterocycles. The highest BCUT2D eigenvalue weighted by Crippen LogP contribution is 2.34. The second-order valence-corrected chi connectivity index (χ2v) is 8.59. The van der Waals surface area contributed by atoms with Crippen molar-refractivity contribution in [2.45, 2.75) is 52.2 Å². The van der Waals surface area contributed by atoms with Crippen molar-refractivity contribution in [3.63, 3.8) is 0 Å². The van der Waals surface area contributed by atoms with E-state index in [1.165, 1.54) is 0 Å². The molecule has 1 aliphatic heterocycles. The smallest absolute Gasteiger partial charge is 0.410 e. The lowest BCUT2D eigenvalue weighted by molar-refractivity contribution is -0.126. The average Bonchev–Trinajstić information content (AvgIpc) is 2.58. The van der Waals surface area contributed by atoms with E-state index in [0.29, 0.717) is 12.5 Å². The molecule has 2 amide bonds. The largest absolute Gasteiger partial charge is 0.444 e. The number of benzene rings is 1. The predicted octanol–water partition coefficient (Wildman–Crippen LogP) is 3.89. The first kappa shape index (κ1) is 21.1. The third-order valence-corrected chi connectivity index (χ3v) is 4.68. The molecule has 2 atom stereocenters. The zero-order chi connectivity index (χ0) is 20.2. The van der Waals surface area contributed by atoms with Gasteiger partial charge in [0.2, 0.25) is 5.91 Å². The van der Waals surface area contributed by atoms with Crippen molar-refractivity contribution in [1.82, 2.24) is 9.80 Å². The first-order chi connectivity index (χ1) is 12.6. The number of carbonyl (C=O) groups is 2. The topological polar surface area (TPSA) is 61.9 Å². The molecular formula is C21H33N3O3. The van der Waals surface area contributed by atoms with Gasteiger partial charge >= 0.3 is 6.09 Å². The minimum absolute atomic E-state index is 0.0218. The molecule has 1 aromatic carbocycles. The van der Waals surface area contributed by atoms with E-state index in [0.717, 1.165) is 24.1 Å². The first-order valence-electron chi connectivity index (χ1n) is 9.60. The van der Waals surface area contributed by atoms with Crippen LogP contribution in [0.25, 0.3) is 0 Å². The number of carbonyl (C=O) groups excluding carboxylic acids is 2. The minimum Gasteiger partial charge on any atom is -0.444 e. The molecule has 0 aromatic heterocycles. The van der Waals surface area contributed by atoms with Crippen molar-refractivity contribution >= 4 is 17.7 Å². The minimum atomic E-state index is -0.505. The maximum absolute atomic E-state index is 12.7. The Balaban J connectivity index is 2.09. The second kappa shape index (κ2) is 8.63. The van der Waals surface area contributed by atoms with E-state index < -0.39 is 5.60 Å². The number of amides is 2. The van der Waals surface area contributed by atoms with Crippen LogP contribution in [0, 0.1) is 5.92 Å². The number of piperidine rings is 1. The standard InChI is InChI=1S/C21H33N3O3/c1-15-7-12-18(24(14-15)20(26)27-21(2,3)4)16-8-10-17(11-9-16)22-13-19(25)23(5)6/h8-11,15,18,22H,7,12-14H2,1-6H3/t15-,18-/m0/s1. The number of nitrogens with zero attached hydrogens (tertiary/aromatic N) is 2. The van der Waals surface area contributed by atoms with Crippen molar-refractivity contribution in [3.8, 4) is 0 Å². The predicted molar refractivity (Wildman–Crippen MR) is 108 cm³/mol. The van der Waals surface area contributed by atoms with Crippen LogP contribution in [0.5, 0.6) is 0 Å². The van der Waals surface area contributed by atoms with Gasteiger partial charge in [-0.25, -0.2) is 4.79 Å². The molecule has 6 heteroatoms. The van der Waals surface area contributed by atoms with Crippen molar-refractivity contribution < 1.29 is 14.3 Å². The SMILES string of the molecule is C[C@H]1CC[C@@H](c2ccc(NCC(=O)N(C)C)cc2)N(C(=O)OC(C)(C)C)C1. The Morgan fingerprint density at radius 2 is 1.81 bits per heavy atom. The van der Waals surface area contributed by atoms with Crippen LogP contribution in [0.1, 0.15) is 52.1 Å². The molecule has 0 aliphatic carbocycles. The summed E-state index contributed by atoms with van der Waals surface area (Å²) < 4.78 is 5.62. The first-order valence-corrected chi connectivity index (χ1v) is 9.60. The number of ether oxygens (including phenoxy) is 1. The Hall–Kier alpha value is -2.24. The Bertz CT molecular complexity index is 650. The number of likely N-dealkylation sites (N-methyl/N-ethyl adjacent to an activating group) is 1. The quantitative estimate of drug-likeness (QED) is 0.867. The van der Waals surface area contributed by atoms with Gasteiger partial charge < -0.3 is 19.9 Å². The highest BCUT2D eigenvalue weighted by molar-refractivity contribution is 5.80. The van der Waals surface area contributed by atoms with Gasteiger partial charge in [0, 0.05) is 26.3 Å². The fourth-order valence-corrected chi connectivity index (χ4v) is 3.18. The van der Waals surface area contributed by atoms with Gasteiger partial charge in [-0.1, -0.05) is 19.1 Å². The molecule has 2 rings (SSSR count). The summed E-state index contributed by atoms with van der Waals surface area (Å²) in [4.78, 5) is 27.8. The van der Waals surface area contributed by atoms with Crippen molar-refractivity contribution in [2.24, 2.45) is 5.92 Å². The molecule has 1 aromatic rings. The maximum Gasteiger partial charge on any atom is 0.410 e. The van der Waals surface area contributed by atoms with Gasteiger partial charge in [0.15, 0.2) is 0 Å². The summed E-state index contributed by atoms with van der Waals surface area (Å²) in [6, 6.07) is 8.00. The summed E-state index contributed by atoms with van der Waals surface area (Å²) in [5.74, 6) is 0.489. The summed E-state index contributed by atoms with van der Waals surface area (Å²) in [6.45, 7) is 8.81. The van der Waals surface area contributed by atoms with Gasteiger partial charge in [-0.2, -0.15) is 0 Å². The fourth-order valence-electron chi connectivity index (χ4n) is 3.18. The van der Waals surface area contributed by atoms with Gasteiger partial charge in [0.1, 0.15) is 5.60 Å².